The Bertz CT molecular complexity index is 1140. The molecule has 1 amide bonds. The fourth-order valence-corrected chi connectivity index (χ4v) is 4.26. The van der Waals surface area contributed by atoms with Gasteiger partial charge in [-0.05, 0) is 67.0 Å². The maximum absolute atomic E-state index is 12.3. The highest BCUT2D eigenvalue weighted by Gasteiger charge is 2.13. The number of rotatable bonds is 7. The number of esters is 1. The van der Waals surface area contributed by atoms with Gasteiger partial charge in [0.05, 0.1) is 11.3 Å². The fourth-order valence-electron chi connectivity index (χ4n) is 2.49. The van der Waals surface area contributed by atoms with Gasteiger partial charge in [-0.3, -0.25) is 9.59 Å². The lowest BCUT2D eigenvalue weighted by atomic mass is 10.1. The molecular weight excluding hydrogens is 442 g/mol. The highest BCUT2D eigenvalue weighted by Crippen LogP contribution is 2.22. The van der Waals surface area contributed by atoms with Crippen molar-refractivity contribution in [2.24, 2.45) is 0 Å². The normalized spacial score (nSPS) is 10.5. The van der Waals surface area contributed by atoms with Crippen LogP contribution >= 0.6 is 35.3 Å². The summed E-state index contributed by atoms with van der Waals surface area (Å²) in [6.07, 6.45) is 1.93. The molecule has 10 heteroatoms. The van der Waals surface area contributed by atoms with Crippen LogP contribution in [0.1, 0.15) is 27.6 Å². The zero-order valence-corrected chi connectivity index (χ0v) is 18.5. The molecule has 7 nitrogen and oxygen atoms in total. The summed E-state index contributed by atoms with van der Waals surface area (Å²) >= 11 is 8.23. The first-order valence-electron chi connectivity index (χ1n) is 8.70. The Morgan fingerprint density at radius 3 is 2.30 bits per heavy atom. The molecule has 3 rings (SSSR count). The third-order valence-corrected chi connectivity index (χ3v) is 6.12. The summed E-state index contributed by atoms with van der Waals surface area (Å²) < 4.78 is 8.23. The number of thioether (sulfide) groups is 1. The Labute approximate surface area is 186 Å². The quantitative estimate of drug-likeness (QED) is 0.243. The van der Waals surface area contributed by atoms with Gasteiger partial charge >= 0.3 is 5.97 Å². The first-order valence-corrected chi connectivity index (χ1v) is 11.1. The molecule has 154 valence electrons. The average molecular weight is 460 g/mol. The summed E-state index contributed by atoms with van der Waals surface area (Å²) in [6.45, 7) is 1.02. The Balaban J connectivity index is 1.60. The van der Waals surface area contributed by atoms with Gasteiger partial charge in [0.25, 0.3) is 0 Å². The molecule has 0 radical (unpaired) electrons. The van der Waals surface area contributed by atoms with E-state index in [1.807, 2.05) is 6.26 Å². The Hall–Kier alpha value is -2.82. The summed E-state index contributed by atoms with van der Waals surface area (Å²) in [6, 6.07) is 13.0. The summed E-state index contributed by atoms with van der Waals surface area (Å²) in [5.41, 5.74) is 2.03. The lowest BCUT2D eigenvalue weighted by molar-refractivity contribution is -0.114. The third-order valence-electron chi connectivity index (χ3n) is 3.91. The highest BCUT2D eigenvalue weighted by molar-refractivity contribution is 8.00. The number of ether oxygens (including phenoxy) is 1. The number of nitrogens with zero attached hydrogens (tertiary/aromatic N) is 2. The first kappa shape index (κ1) is 21.9. The zero-order chi connectivity index (χ0) is 21.7. The van der Waals surface area contributed by atoms with Crippen LogP contribution in [0.3, 0.4) is 0 Å². The number of nitrogens with one attached hydrogen (secondary N) is 1. The number of ketones is 1. The van der Waals surface area contributed by atoms with Crippen molar-refractivity contribution in [3.05, 3.63) is 63.6 Å². The number of carbonyl (C=O) groups is 3. The van der Waals surface area contributed by atoms with Crippen LogP contribution in [0.15, 0.2) is 52.9 Å². The van der Waals surface area contributed by atoms with Gasteiger partial charge in [-0.2, -0.15) is 0 Å². The molecule has 2 aromatic carbocycles. The van der Waals surface area contributed by atoms with Gasteiger partial charge in [0, 0.05) is 18.2 Å². The monoisotopic (exact) mass is 459 g/mol. The van der Waals surface area contributed by atoms with Crippen molar-refractivity contribution < 1.29 is 19.1 Å². The number of Topliss-reactive ketones (excluding diaryl/α,β-unsaturated/α-hetero) is 1. The topological polar surface area (TPSA) is 90.3 Å². The highest BCUT2D eigenvalue weighted by atomic mass is 32.2. The van der Waals surface area contributed by atoms with E-state index in [4.69, 9.17) is 17.0 Å². The van der Waals surface area contributed by atoms with E-state index in [0.717, 1.165) is 10.0 Å². The number of amides is 1. The molecule has 1 N–H and O–H groups in total. The van der Waals surface area contributed by atoms with E-state index in [-0.39, 0.29) is 18.3 Å². The molecule has 0 fully saturated rings. The van der Waals surface area contributed by atoms with E-state index in [1.165, 1.54) is 30.0 Å². The number of hydrogen-bond donors (Lipinski definition) is 1. The SMILES string of the molecule is CSc1nn(-c2ccc(C(=O)OCC(=O)c3ccc(NC(C)=O)cc3)cc2)c(=S)s1. The molecule has 30 heavy (non-hydrogen) atoms. The van der Waals surface area contributed by atoms with E-state index in [1.54, 1.807) is 53.2 Å². The van der Waals surface area contributed by atoms with Crippen molar-refractivity contribution in [3.8, 4) is 5.69 Å². The van der Waals surface area contributed by atoms with Gasteiger partial charge in [-0.25, -0.2) is 9.48 Å². The van der Waals surface area contributed by atoms with Gasteiger partial charge in [0.2, 0.25) is 5.91 Å². The van der Waals surface area contributed by atoms with Crippen molar-refractivity contribution in [3.63, 3.8) is 0 Å². The molecule has 0 spiro atoms. The summed E-state index contributed by atoms with van der Waals surface area (Å²) in [7, 11) is 0. The molecule has 0 aliphatic rings. The largest absolute Gasteiger partial charge is 0.454 e. The van der Waals surface area contributed by atoms with Crippen molar-refractivity contribution in [2.45, 2.75) is 11.3 Å². The van der Waals surface area contributed by atoms with Crippen LogP contribution in [0.25, 0.3) is 5.69 Å². The van der Waals surface area contributed by atoms with Crippen LogP contribution in [0, 0.1) is 3.95 Å². The van der Waals surface area contributed by atoms with E-state index < -0.39 is 5.97 Å². The predicted molar refractivity (Wildman–Crippen MR) is 119 cm³/mol. The number of carbonyl (C=O) groups excluding carboxylic acids is 3. The minimum atomic E-state index is -0.601. The van der Waals surface area contributed by atoms with E-state index in [2.05, 4.69) is 10.4 Å². The molecule has 0 saturated carbocycles. The molecule has 0 unspecified atom stereocenters. The fraction of sp³-hybridized carbons (Fsp3) is 0.150. The first-order chi connectivity index (χ1) is 14.4. The smallest absolute Gasteiger partial charge is 0.338 e. The molecule has 0 bridgehead atoms. The zero-order valence-electron chi connectivity index (χ0n) is 16.1. The minimum Gasteiger partial charge on any atom is -0.454 e. The van der Waals surface area contributed by atoms with E-state index in [0.29, 0.717) is 20.8 Å². The number of aromatic nitrogens is 2. The number of hydrogen-bond acceptors (Lipinski definition) is 8. The van der Waals surface area contributed by atoms with Gasteiger partial charge in [-0.1, -0.05) is 23.1 Å². The second-order valence-electron chi connectivity index (χ2n) is 6.05. The third kappa shape index (κ3) is 5.41. The van der Waals surface area contributed by atoms with Crippen LogP contribution in [0.4, 0.5) is 5.69 Å². The lowest BCUT2D eigenvalue weighted by Crippen LogP contribution is -2.14. The molecule has 0 saturated heterocycles. The molecule has 0 atom stereocenters. The predicted octanol–water partition coefficient (Wildman–Crippen LogP) is 4.38. The summed E-state index contributed by atoms with van der Waals surface area (Å²) in [4.78, 5) is 35.5. The standard InChI is InChI=1S/C20H17N3O4S3/c1-12(24)21-15-7-3-13(4-8-15)17(25)11-27-18(26)14-5-9-16(10-6-14)23-20(28)30-19(22-23)29-2/h3-10H,11H2,1-2H3,(H,21,24). The second-order valence-corrected chi connectivity index (χ2v) is 8.73. The van der Waals surface area contributed by atoms with E-state index >= 15 is 0 Å². The molecular formula is C20H17N3O4S3. The molecule has 0 aliphatic heterocycles. The van der Waals surface area contributed by atoms with Gasteiger partial charge in [-0.15, -0.1) is 5.10 Å². The second kappa shape index (κ2) is 9.79. The molecule has 1 heterocycles. The van der Waals surface area contributed by atoms with Gasteiger partial charge in [0.1, 0.15) is 0 Å². The van der Waals surface area contributed by atoms with Crippen LogP contribution in [-0.4, -0.2) is 40.3 Å². The van der Waals surface area contributed by atoms with Crippen molar-refractivity contribution in [1.29, 1.82) is 0 Å². The van der Waals surface area contributed by atoms with Crippen LogP contribution in [0.2, 0.25) is 0 Å². The lowest BCUT2D eigenvalue weighted by Gasteiger charge is -2.07. The minimum absolute atomic E-state index is 0.198. The van der Waals surface area contributed by atoms with Crippen molar-refractivity contribution >= 4 is 58.7 Å². The number of benzene rings is 2. The summed E-state index contributed by atoms with van der Waals surface area (Å²) in [5, 5.41) is 7.02. The Kier molecular flexibility index (Phi) is 7.14. The van der Waals surface area contributed by atoms with Crippen LogP contribution in [-0.2, 0) is 9.53 Å². The molecule has 3 aromatic rings. The Morgan fingerprint density at radius 2 is 1.73 bits per heavy atom. The van der Waals surface area contributed by atoms with Crippen LogP contribution in [0.5, 0.6) is 0 Å². The van der Waals surface area contributed by atoms with Crippen molar-refractivity contribution in [2.75, 3.05) is 18.2 Å². The van der Waals surface area contributed by atoms with Gasteiger partial charge < -0.3 is 10.1 Å². The van der Waals surface area contributed by atoms with E-state index in [9.17, 15) is 14.4 Å². The van der Waals surface area contributed by atoms with Gasteiger partial charge in [0.15, 0.2) is 20.7 Å². The molecule has 0 aliphatic carbocycles. The summed E-state index contributed by atoms with van der Waals surface area (Å²) in [5.74, 6) is -1.14. The maximum Gasteiger partial charge on any atom is 0.338 e. The Morgan fingerprint density at radius 1 is 1.10 bits per heavy atom. The average Bonchev–Trinajstić information content (AvgIpc) is 3.12. The van der Waals surface area contributed by atoms with Crippen LogP contribution < -0.4 is 5.32 Å². The number of anilines is 1. The maximum atomic E-state index is 12.3. The molecule has 1 aromatic heterocycles. The van der Waals surface area contributed by atoms with Crippen molar-refractivity contribution in [1.82, 2.24) is 9.78 Å².